The molecule has 2 fully saturated rings. The van der Waals surface area contributed by atoms with Crippen LogP contribution in [-0.4, -0.2) is 226 Å². The van der Waals surface area contributed by atoms with Gasteiger partial charge in [0.05, 0.1) is 117 Å². The predicted octanol–water partition coefficient (Wildman–Crippen LogP) is 10.5. The lowest BCUT2D eigenvalue weighted by Gasteiger charge is -2.36. The van der Waals surface area contributed by atoms with E-state index in [1.165, 1.54) is 93.0 Å². The molecule has 4 atom stereocenters. The Bertz CT molecular complexity index is 4720. The number of rotatable bonds is 39. The first-order valence-corrected chi connectivity index (χ1v) is 38.2. The first-order chi connectivity index (χ1) is 55.6. The third-order valence-electron chi connectivity index (χ3n) is 20.1. The largest absolute Gasteiger partial charge is 0.496 e. The quantitative estimate of drug-likeness (QED) is 0.0118. The minimum atomic E-state index is -1.26. The molecular formula is C83H102N10O21S. The number of carbonyl (C=O) groups is 3. The Morgan fingerprint density at radius 1 is 0.591 bits per heavy atom. The molecular weight excluding hydrogens is 1510 g/mol. The second-order valence-corrected chi connectivity index (χ2v) is 28.1. The monoisotopic (exact) mass is 1610 g/mol. The van der Waals surface area contributed by atoms with E-state index in [2.05, 4.69) is 35.3 Å². The van der Waals surface area contributed by atoms with Gasteiger partial charge in [0.2, 0.25) is 0 Å². The molecule has 2 unspecified atom stereocenters. The van der Waals surface area contributed by atoms with Gasteiger partial charge in [-0.3, -0.25) is 29.0 Å². The maximum atomic E-state index is 13.2. The Labute approximate surface area is 672 Å². The Hall–Kier alpha value is -11.0. The van der Waals surface area contributed by atoms with Crippen molar-refractivity contribution in [1.29, 1.82) is 0 Å². The van der Waals surface area contributed by atoms with Crippen LogP contribution in [0.1, 0.15) is 111 Å². The van der Waals surface area contributed by atoms with Crippen molar-refractivity contribution in [1.82, 2.24) is 44.5 Å². The smallest absolute Gasteiger partial charge is 0.354 e. The zero-order chi connectivity index (χ0) is 82.2. The Balaban J connectivity index is 0.876. The second kappa shape index (κ2) is 41.9. The van der Waals surface area contributed by atoms with Crippen LogP contribution in [0.5, 0.6) is 51.7 Å². The molecule has 0 radical (unpaired) electrons. The van der Waals surface area contributed by atoms with Gasteiger partial charge in [0.15, 0.2) is 5.11 Å². The first-order valence-electron chi connectivity index (χ1n) is 37.8. The summed E-state index contributed by atoms with van der Waals surface area (Å²) in [5.41, 5.74) is 5.00. The minimum absolute atomic E-state index is 0.106. The van der Waals surface area contributed by atoms with Gasteiger partial charge in [-0.1, -0.05) is 31.9 Å². The molecule has 0 saturated carbocycles. The van der Waals surface area contributed by atoms with E-state index in [-0.39, 0.29) is 68.2 Å². The molecule has 0 aliphatic carbocycles. The molecule has 2 aliphatic heterocycles. The van der Waals surface area contributed by atoms with Crippen LogP contribution in [0.15, 0.2) is 113 Å². The highest BCUT2D eigenvalue weighted by Gasteiger charge is 2.37. The molecule has 616 valence electrons. The molecule has 0 amide bonds. The van der Waals surface area contributed by atoms with Crippen LogP contribution in [0.4, 0.5) is 5.69 Å². The van der Waals surface area contributed by atoms with Crippen molar-refractivity contribution in [3.8, 4) is 85.1 Å². The number of ether oxygens (including phenoxy) is 13. The average molecular weight is 1610 g/mol. The second-order valence-electron chi connectivity index (χ2n) is 27.7. The fourth-order valence-electron chi connectivity index (χ4n) is 14.2. The van der Waals surface area contributed by atoms with Gasteiger partial charge in [-0.05, 0) is 115 Å². The normalized spacial score (nSPS) is 16.1. The number of hydrogen-bond donors (Lipinski definition) is 6. The summed E-state index contributed by atoms with van der Waals surface area (Å²) in [7, 11) is 13.6. The molecule has 4 aromatic heterocycles. The molecule has 2 aliphatic rings. The molecule has 115 heavy (non-hydrogen) atoms. The summed E-state index contributed by atoms with van der Waals surface area (Å²) in [6.45, 7) is 8.33. The summed E-state index contributed by atoms with van der Waals surface area (Å²) in [6, 6.07) is 26.2. The number of aryl methyl sites for hydroxylation is 1. The van der Waals surface area contributed by atoms with E-state index in [1.807, 2.05) is 43.3 Å². The number of anilines is 1. The molecule has 32 heteroatoms. The number of H-pyrrole nitrogens is 1. The maximum Gasteiger partial charge on any atom is 0.354 e. The highest BCUT2D eigenvalue weighted by atomic mass is 32.1. The maximum absolute atomic E-state index is 13.2. The number of carboxylic acids is 3. The van der Waals surface area contributed by atoms with Crippen molar-refractivity contribution < 1.29 is 91.3 Å². The van der Waals surface area contributed by atoms with Gasteiger partial charge in [0.25, 0.3) is 5.56 Å². The summed E-state index contributed by atoms with van der Waals surface area (Å²) in [4.78, 5) is 86.4. The minimum Gasteiger partial charge on any atom is -0.496 e. The van der Waals surface area contributed by atoms with Crippen LogP contribution in [0.2, 0.25) is 0 Å². The number of nitrogens with zero attached hydrogens (tertiary/aromatic N) is 7. The van der Waals surface area contributed by atoms with E-state index < -0.39 is 35.4 Å². The average Bonchev–Trinajstić information content (AvgIpc) is 1.55. The zero-order valence-corrected chi connectivity index (χ0v) is 67.5. The Kier molecular flexibility index (Phi) is 31.5. The number of unbranched alkanes of at least 4 members (excludes halogenated alkanes) is 3. The van der Waals surface area contributed by atoms with Crippen LogP contribution in [0.25, 0.3) is 33.4 Å². The molecule has 2 saturated heterocycles. The van der Waals surface area contributed by atoms with E-state index in [1.54, 1.807) is 49.5 Å². The van der Waals surface area contributed by atoms with Crippen LogP contribution in [-0.2, 0) is 45.0 Å². The third-order valence-corrected chi connectivity index (χ3v) is 20.3. The summed E-state index contributed by atoms with van der Waals surface area (Å²) < 4.78 is 78.3. The molecule has 0 bridgehead atoms. The van der Waals surface area contributed by atoms with E-state index in [9.17, 15) is 39.3 Å². The molecule has 8 aromatic rings. The number of aromatic nitrogens is 5. The van der Waals surface area contributed by atoms with Crippen LogP contribution in [0, 0.1) is 12.8 Å². The van der Waals surface area contributed by atoms with E-state index in [4.69, 9.17) is 83.8 Å². The van der Waals surface area contributed by atoms with Crippen LogP contribution in [0.3, 0.4) is 0 Å². The Morgan fingerprint density at radius 3 is 1.61 bits per heavy atom. The van der Waals surface area contributed by atoms with Gasteiger partial charge in [-0.15, -0.1) is 0 Å². The summed E-state index contributed by atoms with van der Waals surface area (Å²) in [6.07, 6.45) is 7.45. The molecule has 10 rings (SSSR count). The number of carboxylic acid groups (broad SMARTS) is 3. The molecule has 0 spiro atoms. The van der Waals surface area contributed by atoms with Crippen molar-refractivity contribution in [2.75, 3.05) is 142 Å². The lowest BCUT2D eigenvalue weighted by Crippen LogP contribution is -2.46. The summed E-state index contributed by atoms with van der Waals surface area (Å²) >= 11 is 5.69. The van der Waals surface area contributed by atoms with Gasteiger partial charge < -0.3 is 87.5 Å². The number of methoxy groups -OCH3 is 9. The van der Waals surface area contributed by atoms with Crippen molar-refractivity contribution in [2.24, 2.45) is 5.92 Å². The van der Waals surface area contributed by atoms with E-state index in [0.717, 1.165) is 36.9 Å². The molecule has 31 nitrogen and oxygen atoms in total. The van der Waals surface area contributed by atoms with Gasteiger partial charge in [-0.25, -0.2) is 34.1 Å². The fraction of sp³-hybridized carbons (Fsp3) is 0.434. The standard InChI is InChI=1S/C83H102N10O21S/c1-12-66-67(40-74(114-66)93-42-50(2)78(94)89-83(93)101)113-49-112-27-16-14-13-15-22-84-82(115)88-56-19-17-51(18-20-56)21-28-111-48-52-43-91(45-55-41-85-63(79(95)96)39-62(55)77-72(109-10)37-61(104-5)38-73(77)110-11)25-23-90(46-57-29-53(31-64(86-57)80(97)98)75-68(105-6)33-59(102-3)34-69(75)106-7)24-26-92(44-52)47-58-30-54(32-65(87-58)81(99)100)76-70(107-8)35-60(103-4)36-71(76)108-9/h17-20,29-39,41-42,52,66-67,74H,12-16,21-28,40,43-49H2,1-11H3,(H,95,96)(H,97,98)(H,99,100)(H2,84,88,115)(H,89,94,101)/t52?,66-,67?,74-/m1/s1. The lowest BCUT2D eigenvalue weighted by molar-refractivity contribution is -0.111. The van der Waals surface area contributed by atoms with Crippen molar-refractivity contribution in [3.05, 3.63) is 169 Å². The lowest BCUT2D eigenvalue weighted by atomic mass is 9.97. The fourth-order valence-corrected chi connectivity index (χ4v) is 14.4. The molecule has 6 heterocycles. The van der Waals surface area contributed by atoms with E-state index >= 15 is 0 Å². The zero-order valence-electron chi connectivity index (χ0n) is 66.7. The molecule has 4 aromatic carbocycles. The number of pyridine rings is 3. The highest BCUT2D eigenvalue weighted by molar-refractivity contribution is 7.80. The number of thiocarbonyl (C=S) groups is 1. The van der Waals surface area contributed by atoms with Gasteiger partial charge in [-0.2, -0.15) is 0 Å². The summed E-state index contributed by atoms with van der Waals surface area (Å²) in [5, 5.41) is 39.0. The third kappa shape index (κ3) is 23.0. The number of benzene rings is 4. The van der Waals surface area contributed by atoms with Crippen molar-refractivity contribution in [2.45, 2.75) is 96.9 Å². The van der Waals surface area contributed by atoms with Gasteiger partial charge >= 0.3 is 23.6 Å². The Morgan fingerprint density at radius 2 is 1.10 bits per heavy atom. The van der Waals surface area contributed by atoms with Gasteiger partial charge in [0.1, 0.15) is 81.8 Å². The highest BCUT2D eigenvalue weighted by Crippen LogP contribution is 2.46. The number of nitrogens with one attached hydrogen (secondary N) is 3. The van der Waals surface area contributed by atoms with E-state index in [0.29, 0.717) is 191 Å². The predicted molar refractivity (Wildman–Crippen MR) is 432 cm³/mol. The topological polar surface area (TPSA) is 359 Å². The number of aromatic carboxylic acids is 3. The molecule has 6 N–H and O–H groups in total. The van der Waals surface area contributed by atoms with Crippen LogP contribution < -0.4 is 64.5 Å². The number of hydrogen-bond acceptors (Lipinski definition) is 25. The van der Waals surface area contributed by atoms with Gasteiger partial charge in [0, 0.05) is 144 Å². The summed E-state index contributed by atoms with van der Waals surface area (Å²) in [5.74, 6) is -0.462. The van der Waals surface area contributed by atoms with Crippen molar-refractivity contribution in [3.63, 3.8) is 0 Å². The first kappa shape index (κ1) is 86.4. The SMILES string of the molecule is CC[C@H]1O[C@@H](n2cc(C)c(=O)[nH]c2=O)CC1OCOCCCCCCNC(=S)Nc1ccc(CCOCC2CN(Cc3cc(-c4c(OC)cc(OC)cc4OC)cc(C(=O)O)n3)CCN(Cc3cc(-c4c(OC)cc(OC)cc4OC)cc(C(=O)O)n3)CCN(Cc3cnc(C(=O)O)cc3-c3c(OC)cc(OC)cc3OC)C2)cc1. The van der Waals surface area contributed by atoms with Crippen molar-refractivity contribution >= 4 is 40.9 Å². The van der Waals surface area contributed by atoms with Crippen LogP contribution >= 0.6 is 12.2 Å². The number of aromatic amines is 1.